The van der Waals surface area contributed by atoms with Gasteiger partial charge >= 0.3 is 0 Å². The van der Waals surface area contributed by atoms with Gasteiger partial charge in [0, 0.05) is 12.7 Å². The van der Waals surface area contributed by atoms with E-state index in [0.29, 0.717) is 5.92 Å². The molecule has 1 nitrogen and oxygen atoms in total. The fourth-order valence-electron chi connectivity index (χ4n) is 5.51. The van der Waals surface area contributed by atoms with E-state index in [0.717, 1.165) is 36.2 Å². The number of methoxy groups -OCH3 is 1. The molecule has 0 N–H and O–H groups in total. The van der Waals surface area contributed by atoms with Gasteiger partial charge in [-0.3, -0.25) is 0 Å². The number of unbranched alkanes of at least 4 members (excludes halogenated alkanes) is 1. The molecule has 2 aliphatic carbocycles. The van der Waals surface area contributed by atoms with Crippen LogP contribution in [0.3, 0.4) is 0 Å². The highest BCUT2D eigenvalue weighted by Gasteiger charge is 2.31. The lowest BCUT2D eigenvalue weighted by atomic mass is 9.68. The first-order valence-corrected chi connectivity index (χ1v) is 11.1. The molecule has 0 radical (unpaired) electrons. The van der Waals surface area contributed by atoms with Crippen LogP contribution in [0.15, 0.2) is 12.1 Å². The second-order valence-corrected chi connectivity index (χ2v) is 8.93. The molecule has 2 saturated carbocycles. The second kappa shape index (κ2) is 10.0. The van der Waals surface area contributed by atoms with E-state index in [1.807, 2.05) is 0 Å². The van der Waals surface area contributed by atoms with Crippen LogP contribution in [0.4, 0.5) is 8.78 Å². The lowest BCUT2D eigenvalue weighted by Crippen LogP contribution is -2.25. The molecule has 27 heavy (non-hydrogen) atoms. The zero-order valence-corrected chi connectivity index (χ0v) is 17.1. The van der Waals surface area contributed by atoms with E-state index in [4.69, 9.17) is 4.74 Å². The van der Waals surface area contributed by atoms with Crippen LogP contribution in [-0.4, -0.2) is 7.11 Å². The Kier molecular flexibility index (Phi) is 7.69. The van der Waals surface area contributed by atoms with Crippen LogP contribution in [0, 0.1) is 29.4 Å². The summed E-state index contributed by atoms with van der Waals surface area (Å²) in [4.78, 5) is 0. The third-order valence-electron chi connectivity index (χ3n) is 7.22. The summed E-state index contributed by atoms with van der Waals surface area (Å²) in [7, 11) is 1.46. The molecule has 152 valence electrons. The first kappa shape index (κ1) is 20.8. The summed E-state index contributed by atoms with van der Waals surface area (Å²) in [6.07, 6.45) is 14.4. The molecule has 0 spiro atoms. The molecular weight excluding hydrogens is 342 g/mol. The molecular formula is C24H36F2O. The van der Waals surface area contributed by atoms with Crippen molar-refractivity contribution in [2.24, 2.45) is 17.8 Å². The number of rotatable bonds is 7. The number of benzene rings is 1. The Hall–Kier alpha value is -0.960. The highest BCUT2D eigenvalue weighted by atomic mass is 19.1. The van der Waals surface area contributed by atoms with Gasteiger partial charge in [-0.2, -0.15) is 0 Å². The molecule has 0 aromatic heterocycles. The van der Waals surface area contributed by atoms with Crippen molar-refractivity contribution >= 4 is 0 Å². The Morgan fingerprint density at radius 2 is 1.44 bits per heavy atom. The Bertz CT molecular complexity index is 561. The summed E-state index contributed by atoms with van der Waals surface area (Å²) in [6.45, 7) is 2.28. The zero-order chi connectivity index (χ0) is 19.2. The third-order valence-corrected chi connectivity index (χ3v) is 7.22. The van der Waals surface area contributed by atoms with E-state index in [-0.39, 0.29) is 12.2 Å². The monoisotopic (exact) mass is 378 g/mol. The van der Waals surface area contributed by atoms with Crippen molar-refractivity contribution in [1.29, 1.82) is 0 Å². The van der Waals surface area contributed by atoms with Gasteiger partial charge in [-0.25, -0.2) is 8.78 Å². The number of ether oxygens (including phenoxy) is 1. The average molecular weight is 379 g/mol. The van der Waals surface area contributed by atoms with Gasteiger partial charge in [-0.05, 0) is 79.9 Å². The van der Waals surface area contributed by atoms with Gasteiger partial charge in [0.15, 0.2) is 0 Å². The molecule has 3 rings (SSSR count). The summed E-state index contributed by atoms with van der Waals surface area (Å²) in [5.41, 5.74) is 0.890. The van der Waals surface area contributed by atoms with Gasteiger partial charge in [0.1, 0.15) is 11.6 Å². The molecule has 0 unspecified atom stereocenters. The topological polar surface area (TPSA) is 9.23 Å². The fourth-order valence-corrected chi connectivity index (χ4v) is 5.51. The standard InChI is InChI=1S/C24H36F2O/c1-3-4-5-17-6-8-18(9-7-17)19-10-12-20(13-11-19)21-14-23(25)22(16-27-2)24(26)15-21/h14-15,17-20H,3-13,16H2,1-2H3. The molecule has 2 aliphatic rings. The Morgan fingerprint density at radius 3 is 1.96 bits per heavy atom. The third kappa shape index (κ3) is 5.31. The van der Waals surface area contributed by atoms with E-state index >= 15 is 0 Å². The van der Waals surface area contributed by atoms with Gasteiger partial charge in [-0.15, -0.1) is 0 Å². The smallest absolute Gasteiger partial charge is 0.131 e. The van der Waals surface area contributed by atoms with Crippen LogP contribution in [0.1, 0.15) is 94.6 Å². The van der Waals surface area contributed by atoms with E-state index < -0.39 is 11.6 Å². The minimum Gasteiger partial charge on any atom is -0.380 e. The lowest BCUT2D eigenvalue weighted by molar-refractivity contribution is 0.155. The van der Waals surface area contributed by atoms with Crippen LogP contribution in [0.25, 0.3) is 0 Å². The highest BCUT2D eigenvalue weighted by Crippen LogP contribution is 2.44. The number of hydrogen-bond donors (Lipinski definition) is 0. The minimum atomic E-state index is -0.459. The molecule has 0 bridgehead atoms. The fraction of sp³-hybridized carbons (Fsp3) is 0.750. The second-order valence-electron chi connectivity index (χ2n) is 8.93. The molecule has 0 atom stereocenters. The van der Waals surface area contributed by atoms with Gasteiger partial charge in [0.2, 0.25) is 0 Å². The van der Waals surface area contributed by atoms with E-state index in [9.17, 15) is 8.78 Å². The maximum atomic E-state index is 14.2. The van der Waals surface area contributed by atoms with E-state index in [1.165, 1.54) is 64.9 Å². The van der Waals surface area contributed by atoms with Gasteiger partial charge in [0.05, 0.1) is 6.61 Å². The van der Waals surface area contributed by atoms with E-state index in [1.54, 1.807) is 12.1 Å². The van der Waals surface area contributed by atoms with Crippen molar-refractivity contribution in [1.82, 2.24) is 0 Å². The van der Waals surface area contributed by atoms with Gasteiger partial charge in [0.25, 0.3) is 0 Å². The minimum absolute atomic E-state index is 0.00832. The normalized spacial score (nSPS) is 29.0. The van der Waals surface area contributed by atoms with Crippen molar-refractivity contribution in [2.45, 2.75) is 90.1 Å². The first-order chi connectivity index (χ1) is 13.1. The van der Waals surface area contributed by atoms with E-state index in [2.05, 4.69) is 6.92 Å². The van der Waals surface area contributed by atoms with Gasteiger partial charge in [-0.1, -0.05) is 39.0 Å². The summed E-state index contributed by atoms with van der Waals surface area (Å²) >= 11 is 0. The van der Waals surface area contributed by atoms with Crippen LogP contribution < -0.4 is 0 Å². The zero-order valence-electron chi connectivity index (χ0n) is 17.1. The molecule has 1 aromatic rings. The predicted octanol–water partition coefficient (Wildman–Crippen LogP) is 7.38. The quantitative estimate of drug-likeness (QED) is 0.481. The highest BCUT2D eigenvalue weighted by molar-refractivity contribution is 5.28. The molecule has 0 saturated heterocycles. The van der Waals surface area contributed by atoms with Gasteiger partial charge < -0.3 is 4.74 Å². The summed E-state index contributed by atoms with van der Waals surface area (Å²) in [5, 5.41) is 0. The lowest BCUT2D eigenvalue weighted by Gasteiger charge is -2.38. The molecule has 3 heteroatoms. The molecule has 1 aromatic carbocycles. The van der Waals surface area contributed by atoms with Crippen LogP contribution in [0.5, 0.6) is 0 Å². The number of halogens is 2. The van der Waals surface area contributed by atoms with Crippen LogP contribution >= 0.6 is 0 Å². The molecule has 0 amide bonds. The maximum absolute atomic E-state index is 14.2. The van der Waals surface area contributed by atoms with Crippen molar-refractivity contribution in [3.8, 4) is 0 Å². The largest absolute Gasteiger partial charge is 0.380 e. The van der Waals surface area contributed by atoms with Crippen LogP contribution in [0.2, 0.25) is 0 Å². The van der Waals surface area contributed by atoms with Crippen LogP contribution in [-0.2, 0) is 11.3 Å². The summed E-state index contributed by atoms with van der Waals surface area (Å²) in [6, 6.07) is 3.09. The molecule has 0 heterocycles. The van der Waals surface area contributed by atoms with Crippen molar-refractivity contribution in [3.63, 3.8) is 0 Å². The Labute approximate surface area is 163 Å². The first-order valence-electron chi connectivity index (χ1n) is 11.1. The Morgan fingerprint density at radius 1 is 0.889 bits per heavy atom. The van der Waals surface area contributed by atoms with Crippen molar-refractivity contribution in [3.05, 3.63) is 34.9 Å². The molecule has 0 aliphatic heterocycles. The van der Waals surface area contributed by atoms with Crippen molar-refractivity contribution in [2.75, 3.05) is 7.11 Å². The SMILES string of the molecule is CCCCC1CCC(C2CCC(c3cc(F)c(COC)c(F)c3)CC2)CC1. The summed E-state index contributed by atoms with van der Waals surface area (Å²) in [5.74, 6) is 2.08. The molecule has 2 fully saturated rings. The number of hydrogen-bond acceptors (Lipinski definition) is 1. The predicted molar refractivity (Wildman–Crippen MR) is 107 cm³/mol. The summed E-state index contributed by atoms with van der Waals surface area (Å²) < 4.78 is 33.4. The maximum Gasteiger partial charge on any atom is 0.131 e. The van der Waals surface area contributed by atoms with Crippen molar-refractivity contribution < 1.29 is 13.5 Å². The Balaban J connectivity index is 1.51. The average Bonchev–Trinajstić information content (AvgIpc) is 2.69.